The van der Waals surface area contributed by atoms with Gasteiger partial charge in [0.15, 0.2) is 5.13 Å². The van der Waals surface area contributed by atoms with Gasteiger partial charge in [-0.15, -0.1) is 0 Å². The summed E-state index contributed by atoms with van der Waals surface area (Å²) in [5, 5.41) is 0.517. The maximum Gasteiger partial charge on any atom is 0.326 e. The Bertz CT molecular complexity index is 772. The number of aryl methyl sites for hydroxylation is 1. The lowest BCUT2D eigenvalue weighted by Crippen LogP contribution is -2.31. The van der Waals surface area contributed by atoms with Crippen molar-refractivity contribution in [3.8, 4) is 5.75 Å². The Morgan fingerprint density at radius 3 is 2.62 bits per heavy atom. The van der Waals surface area contributed by atoms with Crippen molar-refractivity contribution in [2.45, 2.75) is 13.5 Å². The van der Waals surface area contributed by atoms with Crippen LogP contribution < -0.4 is 15.4 Å². The topological polar surface area (TPSA) is 88.8 Å². The van der Waals surface area contributed by atoms with Gasteiger partial charge in [-0.2, -0.15) is 0 Å². The molecule has 1 aliphatic rings. The number of amides is 3. The number of carbonyl (C=O) groups is 2. The third-order valence-corrected chi connectivity index (χ3v) is 5.06. The molecule has 3 rings (SSSR count). The Morgan fingerprint density at radius 2 is 2.04 bits per heavy atom. The van der Waals surface area contributed by atoms with Gasteiger partial charge < -0.3 is 15.4 Å². The summed E-state index contributed by atoms with van der Waals surface area (Å²) < 4.78 is 5.13. The van der Waals surface area contributed by atoms with Crippen molar-refractivity contribution in [3.63, 3.8) is 0 Å². The van der Waals surface area contributed by atoms with Crippen LogP contribution in [0.25, 0.3) is 0 Å². The molecule has 2 aromatic rings. The minimum atomic E-state index is -0.516. The Labute approximate surface area is 143 Å². The molecule has 0 aliphatic carbocycles. The second kappa shape index (κ2) is 6.48. The van der Waals surface area contributed by atoms with Crippen molar-refractivity contribution in [1.29, 1.82) is 0 Å². The van der Waals surface area contributed by atoms with Crippen LogP contribution in [0, 0.1) is 6.92 Å². The van der Waals surface area contributed by atoms with Crippen LogP contribution in [0.15, 0.2) is 24.3 Å². The maximum absolute atomic E-state index is 12.6. The fraction of sp³-hybridized carbons (Fsp3) is 0.312. The molecule has 2 heterocycles. The van der Waals surface area contributed by atoms with Crippen LogP contribution in [0.5, 0.6) is 5.75 Å². The molecule has 1 aliphatic heterocycles. The predicted octanol–water partition coefficient (Wildman–Crippen LogP) is 2.00. The van der Waals surface area contributed by atoms with E-state index in [1.807, 2.05) is 24.3 Å². The molecule has 0 spiro atoms. The van der Waals surface area contributed by atoms with Crippen LogP contribution in [0.4, 0.5) is 9.93 Å². The van der Waals surface area contributed by atoms with Gasteiger partial charge in [0, 0.05) is 19.6 Å². The molecule has 24 heavy (non-hydrogen) atoms. The number of aromatic nitrogens is 1. The minimum Gasteiger partial charge on any atom is -0.497 e. The summed E-state index contributed by atoms with van der Waals surface area (Å²) >= 11 is 1.16. The summed E-state index contributed by atoms with van der Waals surface area (Å²) in [4.78, 5) is 32.0. The summed E-state index contributed by atoms with van der Waals surface area (Å²) in [5.74, 6) is 0.267. The van der Waals surface area contributed by atoms with E-state index < -0.39 is 5.91 Å². The number of nitrogens with zero attached hydrogens (tertiary/aromatic N) is 3. The summed E-state index contributed by atoms with van der Waals surface area (Å²) in [6.45, 7) is 3.39. The number of anilines is 1. The van der Waals surface area contributed by atoms with Crippen molar-refractivity contribution < 1.29 is 14.3 Å². The molecule has 0 bridgehead atoms. The first-order valence-corrected chi connectivity index (χ1v) is 8.28. The van der Waals surface area contributed by atoms with E-state index in [-0.39, 0.29) is 6.03 Å². The molecule has 0 radical (unpaired) electrons. The Kier molecular flexibility index (Phi) is 4.39. The van der Waals surface area contributed by atoms with Gasteiger partial charge in [-0.1, -0.05) is 23.5 Å². The molecule has 126 valence electrons. The second-order valence-electron chi connectivity index (χ2n) is 5.48. The number of ether oxygens (including phenoxy) is 1. The number of rotatable bonds is 5. The number of methoxy groups -OCH3 is 1. The van der Waals surface area contributed by atoms with Gasteiger partial charge in [0.25, 0.3) is 5.91 Å². The summed E-state index contributed by atoms with van der Waals surface area (Å²) in [5.41, 5.74) is 6.91. The van der Waals surface area contributed by atoms with Crippen molar-refractivity contribution in [3.05, 3.63) is 40.4 Å². The van der Waals surface area contributed by atoms with Gasteiger partial charge in [0.05, 0.1) is 12.8 Å². The molecule has 1 fully saturated rings. The molecule has 0 saturated carbocycles. The van der Waals surface area contributed by atoms with E-state index in [1.165, 1.54) is 0 Å². The van der Waals surface area contributed by atoms with Gasteiger partial charge in [-0.25, -0.2) is 9.78 Å². The maximum atomic E-state index is 12.6. The van der Waals surface area contributed by atoms with Gasteiger partial charge >= 0.3 is 6.03 Å². The molecule has 1 saturated heterocycles. The zero-order chi connectivity index (χ0) is 17.3. The minimum absolute atomic E-state index is 0.115. The molecule has 8 heteroatoms. The highest BCUT2D eigenvalue weighted by atomic mass is 32.1. The second-order valence-corrected chi connectivity index (χ2v) is 6.46. The van der Waals surface area contributed by atoms with Crippen LogP contribution in [-0.2, 0) is 6.54 Å². The molecule has 1 aromatic heterocycles. The molecule has 1 aromatic carbocycles. The number of benzene rings is 1. The van der Waals surface area contributed by atoms with E-state index in [0.29, 0.717) is 35.3 Å². The van der Waals surface area contributed by atoms with Crippen molar-refractivity contribution in [2.75, 3.05) is 25.1 Å². The molecule has 0 unspecified atom stereocenters. The predicted molar refractivity (Wildman–Crippen MR) is 91.5 cm³/mol. The van der Waals surface area contributed by atoms with Crippen LogP contribution in [0.1, 0.15) is 20.9 Å². The van der Waals surface area contributed by atoms with Crippen LogP contribution >= 0.6 is 11.3 Å². The highest BCUT2D eigenvalue weighted by Crippen LogP contribution is 2.29. The van der Waals surface area contributed by atoms with Gasteiger partial charge in [-0.05, 0) is 24.6 Å². The monoisotopic (exact) mass is 346 g/mol. The molecular formula is C16H18N4O3S. The number of hydrogen-bond donors (Lipinski definition) is 1. The summed E-state index contributed by atoms with van der Waals surface area (Å²) in [7, 11) is 1.62. The Hall–Kier alpha value is -2.61. The highest BCUT2D eigenvalue weighted by Gasteiger charge is 2.32. The highest BCUT2D eigenvalue weighted by molar-refractivity contribution is 7.17. The van der Waals surface area contributed by atoms with E-state index in [1.54, 1.807) is 23.8 Å². The lowest BCUT2D eigenvalue weighted by Gasteiger charge is -2.17. The molecular weight excluding hydrogens is 328 g/mol. The van der Waals surface area contributed by atoms with Gasteiger partial charge in [0.1, 0.15) is 10.6 Å². The normalized spacial score (nSPS) is 14.3. The largest absolute Gasteiger partial charge is 0.497 e. The van der Waals surface area contributed by atoms with Crippen molar-refractivity contribution >= 4 is 28.4 Å². The van der Waals surface area contributed by atoms with Gasteiger partial charge in [-0.3, -0.25) is 9.69 Å². The summed E-state index contributed by atoms with van der Waals surface area (Å²) in [6, 6.07) is 7.50. The number of nitrogens with two attached hydrogens (primary N) is 1. The average molecular weight is 346 g/mol. The van der Waals surface area contributed by atoms with Crippen molar-refractivity contribution in [1.82, 2.24) is 9.88 Å². The number of urea groups is 1. The van der Waals surface area contributed by atoms with Crippen LogP contribution in [0.3, 0.4) is 0 Å². The fourth-order valence-electron chi connectivity index (χ4n) is 2.58. The zero-order valence-corrected chi connectivity index (χ0v) is 14.3. The van der Waals surface area contributed by atoms with E-state index in [9.17, 15) is 9.59 Å². The molecule has 3 amide bonds. The standard InChI is InChI=1S/C16H18N4O3S/c1-10-13(14(17)21)24-15(18-10)20-8-7-19(16(20)22)9-11-3-5-12(23-2)6-4-11/h3-6H,7-9H2,1-2H3,(H2,17,21). The fourth-order valence-corrected chi connectivity index (χ4v) is 3.52. The van der Waals surface area contributed by atoms with E-state index in [0.717, 1.165) is 22.6 Å². The van der Waals surface area contributed by atoms with Crippen LogP contribution in [0.2, 0.25) is 0 Å². The van der Waals surface area contributed by atoms with Crippen molar-refractivity contribution in [2.24, 2.45) is 5.73 Å². The third-order valence-electron chi connectivity index (χ3n) is 3.87. The third kappa shape index (κ3) is 3.05. The number of hydrogen-bond acceptors (Lipinski definition) is 5. The smallest absolute Gasteiger partial charge is 0.326 e. The molecule has 2 N–H and O–H groups in total. The average Bonchev–Trinajstić information content (AvgIpc) is 3.12. The van der Waals surface area contributed by atoms with Crippen LogP contribution in [-0.4, -0.2) is 42.0 Å². The van der Waals surface area contributed by atoms with E-state index in [4.69, 9.17) is 10.5 Å². The first kappa shape index (κ1) is 16.3. The van der Waals surface area contributed by atoms with E-state index in [2.05, 4.69) is 4.98 Å². The summed E-state index contributed by atoms with van der Waals surface area (Å²) in [6.07, 6.45) is 0. The first-order chi connectivity index (χ1) is 11.5. The first-order valence-electron chi connectivity index (χ1n) is 7.46. The number of primary amides is 1. The number of thiazole rings is 1. The lowest BCUT2D eigenvalue weighted by molar-refractivity contribution is 0.100. The number of carbonyl (C=O) groups excluding carboxylic acids is 2. The quantitative estimate of drug-likeness (QED) is 0.897. The molecule has 7 nitrogen and oxygen atoms in total. The Morgan fingerprint density at radius 1 is 1.33 bits per heavy atom. The van der Waals surface area contributed by atoms with E-state index >= 15 is 0 Å². The lowest BCUT2D eigenvalue weighted by atomic mass is 10.2. The van der Waals surface area contributed by atoms with Gasteiger partial charge in [0.2, 0.25) is 0 Å². The molecule has 0 atom stereocenters. The Balaban J connectivity index is 1.72. The zero-order valence-electron chi connectivity index (χ0n) is 13.5. The SMILES string of the molecule is COc1ccc(CN2CCN(c3nc(C)c(C(N)=O)s3)C2=O)cc1.